The molecule has 0 fully saturated rings. The van der Waals surface area contributed by atoms with Gasteiger partial charge in [-0.1, -0.05) is 41.9 Å². The van der Waals surface area contributed by atoms with E-state index in [9.17, 15) is 4.79 Å². The van der Waals surface area contributed by atoms with Crippen molar-refractivity contribution >= 4 is 46.7 Å². The number of halogens is 1. The number of rotatable bonds is 6. The summed E-state index contributed by atoms with van der Waals surface area (Å²) >= 11 is 6.22. The van der Waals surface area contributed by atoms with Gasteiger partial charge in [0.25, 0.3) is 5.91 Å². The smallest absolute Gasteiger partial charge is 0.274 e. The molecule has 2 heterocycles. The van der Waals surface area contributed by atoms with Gasteiger partial charge in [-0.25, -0.2) is 4.98 Å². The van der Waals surface area contributed by atoms with E-state index in [0.717, 1.165) is 11.3 Å². The molecule has 0 aliphatic heterocycles. The predicted molar refractivity (Wildman–Crippen MR) is 125 cm³/mol. The average Bonchev–Trinajstić information content (AvgIpc) is 3.11. The summed E-state index contributed by atoms with van der Waals surface area (Å²) in [5.74, 6) is 1.30. The Balaban J connectivity index is 1.53. The highest BCUT2D eigenvalue weighted by atomic mass is 35.5. The molecule has 0 unspecified atom stereocenters. The van der Waals surface area contributed by atoms with Gasteiger partial charge >= 0.3 is 0 Å². The van der Waals surface area contributed by atoms with E-state index in [-0.39, 0.29) is 5.91 Å². The molecule has 0 spiro atoms. The summed E-state index contributed by atoms with van der Waals surface area (Å²) < 4.78 is 1.62. The third kappa shape index (κ3) is 4.68. The molecule has 0 aliphatic rings. The number of nitrogens with zero attached hydrogens (tertiary/aromatic N) is 5. The van der Waals surface area contributed by atoms with Gasteiger partial charge in [0.15, 0.2) is 0 Å². The van der Waals surface area contributed by atoms with Crippen LogP contribution < -0.4 is 16.0 Å². The lowest BCUT2D eigenvalue weighted by Gasteiger charge is -2.11. The predicted octanol–water partition coefficient (Wildman–Crippen LogP) is 4.61. The number of benzene rings is 2. The Kier molecular flexibility index (Phi) is 6.00. The van der Waals surface area contributed by atoms with Crippen LogP contribution in [0.15, 0.2) is 54.7 Å². The number of anilines is 5. The van der Waals surface area contributed by atoms with Gasteiger partial charge in [0, 0.05) is 12.7 Å². The second-order valence-electron chi connectivity index (χ2n) is 7.06. The lowest BCUT2D eigenvalue weighted by molar-refractivity contribution is 0.101. The number of imidazole rings is 1. The molecule has 3 N–H and O–H groups in total. The molecule has 0 atom stereocenters. The van der Waals surface area contributed by atoms with Crippen molar-refractivity contribution in [3.05, 3.63) is 76.8 Å². The summed E-state index contributed by atoms with van der Waals surface area (Å²) in [6.45, 7) is 3.65. The summed E-state index contributed by atoms with van der Waals surface area (Å²) in [7, 11) is 1.72. The standard InChI is InChI=1S/C22H21ClN8O/c1-13-8-7-11-16(23)18(13)28-19(32)17-12-24-22(31(17)3)30-21-26-14(2)25-20(29-21)27-15-9-5-4-6-10-15/h4-12H,1-3H3,(H,28,32)(H2,24,25,26,27,29,30). The number of hydrogen-bond acceptors (Lipinski definition) is 7. The fourth-order valence-electron chi connectivity index (χ4n) is 3.05. The van der Waals surface area contributed by atoms with Gasteiger partial charge in [-0.3, -0.25) is 10.1 Å². The Bertz CT molecular complexity index is 1250. The maximum atomic E-state index is 12.8. The zero-order valence-corrected chi connectivity index (χ0v) is 18.5. The second-order valence-corrected chi connectivity index (χ2v) is 7.46. The van der Waals surface area contributed by atoms with Gasteiger partial charge in [-0.05, 0) is 37.6 Å². The van der Waals surface area contributed by atoms with E-state index >= 15 is 0 Å². The lowest BCUT2D eigenvalue weighted by Crippen LogP contribution is -2.17. The first-order valence-electron chi connectivity index (χ1n) is 9.80. The third-order valence-electron chi connectivity index (χ3n) is 4.68. The van der Waals surface area contributed by atoms with E-state index < -0.39 is 0 Å². The lowest BCUT2D eigenvalue weighted by atomic mass is 10.2. The normalized spacial score (nSPS) is 10.6. The van der Waals surface area contributed by atoms with Crippen LogP contribution in [0.5, 0.6) is 0 Å². The average molecular weight is 449 g/mol. The molecule has 0 bridgehead atoms. The quantitative estimate of drug-likeness (QED) is 0.395. The van der Waals surface area contributed by atoms with Crippen molar-refractivity contribution in [2.75, 3.05) is 16.0 Å². The van der Waals surface area contributed by atoms with Gasteiger partial charge in [-0.2, -0.15) is 15.0 Å². The number of aromatic nitrogens is 5. The summed E-state index contributed by atoms with van der Waals surface area (Å²) in [6.07, 6.45) is 1.47. The molecule has 32 heavy (non-hydrogen) atoms. The van der Waals surface area contributed by atoms with Crippen LogP contribution in [0.3, 0.4) is 0 Å². The SMILES string of the molecule is Cc1nc(Nc2ccccc2)nc(Nc2ncc(C(=O)Nc3c(C)cccc3Cl)n2C)n1. The minimum atomic E-state index is -0.331. The van der Waals surface area contributed by atoms with Crippen LogP contribution in [-0.4, -0.2) is 30.4 Å². The fourth-order valence-corrected chi connectivity index (χ4v) is 3.32. The highest BCUT2D eigenvalue weighted by Crippen LogP contribution is 2.26. The van der Waals surface area contributed by atoms with Crippen LogP contribution in [0, 0.1) is 13.8 Å². The molecule has 2 aromatic heterocycles. The first-order chi connectivity index (χ1) is 15.4. The van der Waals surface area contributed by atoms with E-state index in [0.29, 0.717) is 40.1 Å². The van der Waals surface area contributed by atoms with Crippen molar-refractivity contribution in [2.24, 2.45) is 7.05 Å². The molecule has 1 amide bonds. The Labute approximate surface area is 189 Å². The molecule has 4 rings (SSSR count). The maximum absolute atomic E-state index is 12.8. The van der Waals surface area contributed by atoms with E-state index in [2.05, 4.69) is 35.9 Å². The van der Waals surface area contributed by atoms with Crippen molar-refractivity contribution in [1.29, 1.82) is 0 Å². The molecule has 2 aromatic carbocycles. The molecular formula is C22H21ClN8O. The number of carbonyl (C=O) groups is 1. The molecule has 162 valence electrons. The molecule has 0 aliphatic carbocycles. The summed E-state index contributed by atoms with van der Waals surface area (Å²) in [5, 5.41) is 9.50. The molecule has 0 saturated heterocycles. The summed E-state index contributed by atoms with van der Waals surface area (Å²) in [6, 6.07) is 15.0. The minimum Gasteiger partial charge on any atom is -0.324 e. The number of aryl methyl sites for hydroxylation is 2. The van der Waals surface area contributed by atoms with Gasteiger partial charge in [-0.15, -0.1) is 0 Å². The molecule has 0 saturated carbocycles. The summed E-state index contributed by atoms with van der Waals surface area (Å²) in [5.41, 5.74) is 2.64. The first-order valence-corrected chi connectivity index (χ1v) is 10.2. The highest BCUT2D eigenvalue weighted by Gasteiger charge is 2.17. The van der Waals surface area contributed by atoms with Crippen molar-refractivity contribution in [1.82, 2.24) is 24.5 Å². The maximum Gasteiger partial charge on any atom is 0.274 e. The van der Waals surface area contributed by atoms with Crippen molar-refractivity contribution in [3.63, 3.8) is 0 Å². The Hall–Kier alpha value is -3.98. The number of para-hydroxylation sites is 2. The van der Waals surface area contributed by atoms with Crippen LogP contribution in [0.4, 0.5) is 29.2 Å². The largest absolute Gasteiger partial charge is 0.324 e. The van der Waals surface area contributed by atoms with Gasteiger partial charge in [0.1, 0.15) is 11.5 Å². The van der Waals surface area contributed by atoms with Crippen LogP contribution in [0.1, 0.15) is 21.9 Å². The van der Waals surface area contributed by atoms with Crippen molar-refractivity contribution < 1.29 is 4.79 Å². The van der Waals surface area contributed by atoms with E-state index in [1.807, 2.05) is 49.4 Å². The van der Waals surface area contributed by atoms with Gasteiger partial charge in [0.2, 0.25) is 17.8 Å². The van der Waals surface area contributed by atoms with Crippen LogP contribution in [0.2, 0.25) is 5.02 Å². The first kappa shape index (κ1) is 21.3. The van der Waals surface area contributed by atoms with Crippen LogP contribution in [0.25, 0.3) is 0 Å². The Morgan fingerprint density at radius 2 is 1.66 bits per heavy atom. The Morgan fingerprint density at radius 1 is 0.938 bits per heavy atom. The molecule has 9 nitrogen and oxygen atoms in total. The van der Waals surface area contributed by atoms with Crippen molar-refractivity contribution in [3.8, 4) is 0 Å². The molecule has 0 radical (unpaired) electrons. The Morgan fingerprint density at radius 3 is 2.38 bits per heavy atom. The van der Waals surface area contributed by atoms with Gasteiger partial charge < -0.3 is 15.2 Å². The monoisotopic (exact) mass is 448 g/mol. The zero-order chi connectivity index (χ0) is 22.7. The number of carbonyl (C=O) groups excluding carboxylic acids is 1. The molecular weight excluding hydrogens is 428 g/mol. The van der Waals surface area contributed by atoms with Crippen LogP contribution in [-0.2, 0) is 7.05 Å². The minimum absolute atomic E-state index is 0.304. The van der Waals surface area contributed by atoms with Gasteiger partial charge in [0.05, 0.1) is 16.9 Å². The van der Waals surface area contributed by atoms with E-state index in [1.165, 1.54) is 6.20 Å². The van der Waals surface area contributed by atoms with Crippen molar-refractivity contribution in [2.45, 2.75) is 13.8 Å². The number of hydrogen-bond donors (Lipinski definition) is 3. The van der Waals surface area contributed by atoms with E-state index in [4.69, 9.17) is 11.6 Å². The molecule has 10 heteroatoms. The third-order valence-corrected chi connectivity index (χ3v) is 5.00. The number of nitrogens with one attached hydrogen (secondary N) is 3. The highest BCUT2D eigenvalue weighted by molar-refractivity contribution is 6.34. The van der Waals surface area contributed by atoms with E-state index in [1.54, 1.807) is 24.6 Å². The summed E-state index contributed by atoms with van der Waals surface area (Å²) in [4.78, 5) is 30.1. The topological polar surface area (TPSA) is 110 Å². The second kappa shape index (κ2) is 9.03. The fraction of sp³-hybridized carbons (Fsp3) is 0.136. The molecule has 4 aromatic rings. The van der Waals surface area contributed by atoms with Crippen LogP contribution >= 0.6 is 11.6 Å². The zero-order valence-electron chi connectivity index (χ0n) is 17.7. The number of amides is 1.